The molecule has 0 radical (unpaired) electrons. The molecule has 3 nitrogen and oxygen atoms in total. The van der Waals surface area contributed by atoms with Crippen molar-refractivity contribution in [1.29, 1.82) is 0 Å². The van der Waals surface area contributed by atoms with Gasteiger partial charge < -0.3 is 4.74 Å². The summed E-state index contributed by atoms with van der Waals surface area (Å²) in [7, 11) is 0. The van der Waals surface area contributed by atoms with Gasteiger partial charge in [-0.1, -0.05) is 29.8 Å². The van der Waals surface area contributed by atoms with E-state index in [9.17, 15) is 4.79 Å². The maximum atomic E-state index is 12.1. The third-order valence-corrected chi connectivity index (χ3v) is 3.88. The van der Waals surface area contributed by atoms with Crippen molar-refractivity contribution >= 4 is 28.9 Å². The van der Waals surface area contributed by atoms with Crippen LogP contribution < -0.4 is 5.32 Å². The van der Waals surface area contributed by atoms with Crippen molar-refractivity contribution in [3.63, 3.8) is 0 Å². The van der Waals surface area contributed by atoms with Gasteiger partial charge in [0.1, 0.15) is 6.04 Å². The molecule has 1 aromatic carbocycles. The third-order valence-electron chi connectivity index (χ3n) is 2.76. The van der Waals surface area contributed by atoms with Crippen molar-refractivity contribution in [3.8, 4) is 0 Å². The summed E-state index contributed by atoms with van der Waals surface area (Å²) in [6.07, 6.45) is 0. The van der Waals surface area contributed by atoms with Gasteiger partial charge in [0.15, 0.2) is 0 Å². The minimum atomic E-state index is -0.504. The zero-order valence-electron chi connectivity index (χ0n) is 11.1. The highest BCUT2D eigenvalue weighted by Gasteiger charge is 2.21. The summed E-state index contributed by atoms with van der Waals surface area (Å²) in [6.45, 7) is 2.77. The average Bonchev–Trinajstić information content (AvgIpc) is 2.92. The molecule has 1 atom stereocenters. The molecule has 0 fully saturated rings. The second-order valence-electron chi connectivity index (χ2n) is 4.20. The van der Waals surface area contributed by atoms with Gasteiger partial charge in [0, 0.05) is 16.4 Å². The van der Waals surface area contributed by atoms with Crippen LogP contribution in [0.1, 0.15) is 23.4 Å². The van der Waals surface area contributed by atoms with Gasteiger partial charge in [-0.3, -0.25) is 5.32 Å². The summed E-state index contributed by atoms with van der Waals surface area (Å²) in [4.78, 5) is 13.3. The summed E-state index contributed by atoms with van der Waals surface area (Å²) >= 11 is 7.64. The highest BCUT2D eigenvalue weighted by molar-refractivity contribution is 7.09. The van der Waals surface area contributed by atoms with Crippen molar-refractivity contribution in [2.45, 2.75) is 19.5 Å². The Bertz CT molecular complexity index is 557. The number of esters is 1. The highest BCUT2D eigenvalue weighted by atomic mass is 35.5. The number of ether oxygens (including phenoxy) is 1. The van der Waals surface area contributed by atoms with Crippen molar-refractivity contribution in [2.75, 3.05) is 6.61 Å². The number of nitrogens with one attached hydrogen (secondary N) is 1. The van der Waals surface area contributed by atoms with E-state index in [4.69, 9.17) is 16.3 Å². The smallest absolute Gasteiger partial charge is 0.327 e. The maximum absolute atomic E-state index is 12.1. The van der Waals surface area contributed by atoms with Gasteiger partial charge in [-0.25, -0.2) is 4.79 Å². The molecule has 0 spiro atoms. The number of halogens is 1. The average molecular weight is 310 g/mol. The van der Waals surface area contributed by atoms with Gasteiger partial charge in [-0.2, -0.15) is 0 Å². The first-order chi connectivity index (χ1) is 9.70. The Labute approximate surface area is 127 Å². The minimum absolute atomic E-state index is 0.286. The first-order valence-electron chi connectivity index (χ1n) is 6.38. The number of hydrogen-bond acceptors (Lipinski definition) is 4. The Morgan fingerprint density at radius 3 is 2.90 bits per heavy atom. The number of thiophene rings is 1. The quantitative estimate of drug-likeness (QED) is 0.825. The molecule has 0 saturated carbocycles. The monoisotopic (exact) mass is 309 g/mol. The second kappa shape index (κ2) is 7.43. The SMILES string of the molecule is CCOC(=O)C(NCc1cccs1)c1cccc(Cl)c1. The summed E-state index contributed by atoms with van der Waals surface area (Å²) in [5.41, 5.74) is 0.813. The molecular formula is C15H16ClNO2S. The molecule has 106 valence electrons. The number of carbonyl (C=O) groups is 1. The molecule has 0 aliphatic heterocycles. The topological polar surface area (TPSA) is 38.3 Å². The molecule has 2 rings (SSSR count). The maximum Gasteiger partial charge on any atom is 0.327 e. The molecule has 1 aromatic heterocycles. The van der Waals surface area contributed by atoms with E-state index in [2.05, 4.69) is 5.32 Å². The Balaban J connectivity index is 2.13. The normalized spacial score (nSPS) is 12.1. The van der Waals surface area contributed by atoms with E-state index in [1.165, 1.54) is 4.88 Å². The van der Waals surface area contributed by atoms with Gasteiger partial charge in [0.25, 0.3) is 0 Å². The third kappa shape index (κ3) is 4.07. The van der Waals surface area contributed by atoms with E-state index in [1.54, 1.807) is 30.4 Å². The Morgan fingerprint density at radius 1 is 1.40 bits per heavy atom. The van der Waals surface area contributed by atoms with Crippen LogP contribution in [0.5, 0.6) is 0 Å². The van der Waals surface area contributed by atoms with Crippen LogP contribution in [0.15, 0.2) is 41.8 Å². The van der Waals surface area contributed by atoms with E-state index < -0.39 is 6.04 Å². The van der Waals surface area contributed by atoms with E-state index in [-0.39, 0.29) is 5.97 Å². The zero-order chi connectivity index (χ0) is 14.4. The lowest BCUT2D eigenvalue weighted by molar-refractivity contribution is -0.145. The van der Waals surface area contributed by atoms with Crippen LogP contribution in [0, 0.1) is 0 Å². The first kappa shape index (κ1) is 15.0. The lowest BCUT2D eigenvalue weighted by Gasteiger charge is -2.17. The van der Waals surface area contributed by atoms with Gasteiger partial charge in [-0.05, 0) is 36.1 Å². The van der Waals surface area contributed by atoms with Crippen LogP contribution in [0.4, 0.5) is 0 Å². The van der Waals surface area contributed by atoms with Crippen LogP contribution >= 0.6 is 22.9 Å². The largest absolute Gasteiger partial charge is 0.465 e. The molecular weight excluding hydrogens is 294 g/mol. The fourth-order valence-electron chi connectivity index (χ4n) is 1.86. The molecule has 1 N–H and O–H groups in total. The number of carbonyl (C=O) groups excluding carboxylic acids is 1. The molecule has 0 amide bonds. The van der Waals surface area contributed by atoms with Gasteiger partial charge in [0.05, 0.1) is 6.61 Å². The molecule has 0 bridgehead atoms. The van der Waals surface area contributed by atoms with Gasteiger partial charge >= 0.3 is 5.97 Å². The fourth-order valence-corrected chi connectivity index (χ4v) is 2.72. The number of hydrogen-bond donors (Lipinski definition) is 1. The molecule has 0 aliphatic carbocycles. The fraction of sp³-hybridized carbons (Fsp3) is 0.267. The highest BCUT2D eigenvalue weighted by Crippen LogP contribution is 2.20. The summed E-state index contributed by atoms with van der Waals surface area (Å²) in [5, 5.41) is 5.84. The van der Waals surface area contributed by atoms with Crippen molar-refractivity contribution in [1.82, 2.24) is 5.32 Å². The minimum Gasteiger partial charge on any atom is -0.465 e. The number of rotatable bonds is 6. The lowest BCUT2D eigenvalue weighted by Crippen LogP contribution is -2.29. The van der Waals surface area contributed by atoms with Crippen LogP contribution in [-0.4, -0.2) is 12.6 Å². The summed E-state index contributed by atoms with van der Waals surface area (Å²) in [5.74, 6) is -0.286. The number of benzene rings is 1. The van der Waals surface area contributed by atoms with E-state index in [0.29, 0.717) is 18.2 Å². The lowest BCUT2D eigenvalue weighted by atomic mass is 10.1. The van der Waals surface area contributed by atoms with E-state index in [1.807, 2.05) is 29.6 Å². The molecule has 0 saturated heterocycles. The Kier molecular flexibility index (Phi) is 5.59. The zero-order valence-corrected chi connectivity index (χ0v) is 12.7. The standard InChI is InChI=1S/C15H16ClNO2S/c1-2-19-15(18)14(11-5-3-6-12(16)9-11)17-10-13-7-4-8-20-13/h3-9,14,17H,2,10H2,1H3. The molecule has 0 aliphatic rings. The molecule has 1 unspecified atom stereocenters. The second-order valence-corrected chi connectivity index (χ2v) is 5.67. The van der Waals surface area contributed by atoms with Crippen LogP contribution in [0.25, 0.3) is 0 Å². The van der Waals surface area contributed by atoms with Crippen LogP contribution in [-0.2, 0) is 16.1 Å². The van der Waals surface area contributed by atoms with Crippen molar-refractivity contribution in [3.05, 3.63) is 57.2 Å². The predicted octanol–water partition coefficient (Wildman–Crippen LogP) is 3.80. The van der Waals surface area contributed by atoms with E-state index in [0.717, 1.165) is 5.56 Å². The summed E-state index contributed by atoms with van der Waals surface area (Å²) < 4.78 is 5.13. The van der Waals surface area contributed by atoms with Crippen LogP contribution in [0.3, 0.4) is 0 Å². The molecule has 2 aromatic rings. The van der Waals surface area contributed by atoms with Crippen molar-refractivity contribution < 1.29 is 9.53 Å². The first-order valence-corrected chi connectivity index (χ1v) is 7.64. The van der Waals surface area contributed by atoms with Crippen LogP contribution in [0.2, 0.25) is 5.02 Å². The Morgan fingerprint density at radius 2 is 2.25 bits per heavy atom. The van der Waals surface area contributed by atoms with E-state index >= 15 is 0 Å². The summed E-state index contributed by atoms with van der Waals surface area (Å²) in [6, 6.07) is 10.8. The van der Waals surface area contributed by atoms with Gasteiger partial charge in [0.2, 0.25) is 0 Å². The Hall–Kier alpha value is -1.36. The molecule has 20 heavy (non-hydrogen) atoms. The molecule has 1 heterocycles. The molecule has 5 heteroatoms. The van der Waals surface area contributed by atoms with Crippen molar-refractivity contribution in [2.24, 2.45) is 0 Å². The van der Waals surface area contributed by atoms with Gasteiger partial charge in [-0.15, -0.1) is 11.3 Å². The predicted molar refractivity (Wildman–Crippen MR) is 82.0 cm³/mol.